The second-order valence-corrected chi connectivity index (χ2v) is 4.46. The average molecular weight is 244 g/mol. The highest BCUT2D eigenvalue weighted by Gasteiger charge is 1.99. The van der Waals surface area contributed by atoms with Gasteiger partial charge in [-0.25, -0.2) is 9.37 Å². The lowest BCUT2D eigenvalue weighted by Gasteiger charge is -2.01. The van der Waals surface area contributed by atoms with E-state index in [4.69, 9.17) is 5.26 Å². The van der Waals surface area contributed by atoms with Gasteiger partial charge in [-0.2, -0.15) is 5.26 Å². The summed E-state index contributed by atoms with van der Waals surface area (Å²) in [7, 11) is 0. The van der Waals surface area contributed by atoms with E-state index in [1.54, 1.807) is 30.1 Å². The highest BCUT2D eigenvalue weighted by molar-refractivity contribution is 7.98. The van der Waals surface area contributed by atoms with Gasteiger partial charge < -0.3 is 0 Å². The van der Waals surface area contributed by atoms with E-state index in [9.17, 15) is 4.39 Å². The number of hydrogen-bond donors (Lipinski definition) is 0. The predicted molar refractivity (Wildman–Crippen MR) is 64.9 cm³/mol. The third-order valence-electron chi connectivity index (χ3n) is 2.15. The molecule has 2 rings (SSSR count). The van der Waals surface area contributed by atoms with E-state index in [1.165, 1.54) is 12.1 Å². The summed E-state index contributed by atoms with van der Waals surface area (Å²) in [5, 5.41) is 8.61. The predicted octanol–water partition coefficient (Wildman–Crippen LogP) is 3.38. The van der Waals surface area contributed by atoms with Gasteiger partial charge in [0.25, 0.3) is 0 Å². The smallest absolute Gasteiger partial charge is 0.140 e. The SMILES string of the molecule is N#Cc1ccc(SCc2cccc(F)c2)cn1. The van der Waals surface area contributed by atoms with Crippen molar-refractivity contribution in [1.29, 1.82) is 5.26 Å². The van der Waals surface area contributed by atoms with Crippen LogP contribution in [0.1, 0.15) is 11.3 Å². The first-order valence-electron chi connectivity index (χ1n) is 5.01. The minimum absolute atomic E-state index is 0.221. The highest BCUT2D eigenvalue weighted by Crippen LogP contribution is 2.22. The molecule has 0 aliphatic heterocycles. The van der Waals surface area contributed by atoms with Gasteiger partial charge in [0, 0.05) is 16.8 Å². The van der Waals surface area contributed by atoms with Gasteiger partial charge in [0.1, 0.15) is 17.6 Å². The molecule has 4 heteroatoms. The normalized spacial score (nSPS) is 9.88. The monoisotopic (exact) mass is 244 g/mol. The van der Waals surface area contributed by atoms with E-state index in [0.29, 0.717) is 11.4 Å². The Bertz CT molecular complexity index is 546. The van der Waals surface area contributed by atoms with Crippen molar-refractivity contribution in [1.82, 2.24) is 4.98 Å². The molecule has 0 amide bonds. The van der Waals surface area contributed by atoms with Crippen LogP contribution in [0, 0.1) is 17.1 Å². The van der Waals surface area contributed by atoms with Crippen molar-refractivity contribution in [3.8, 4) is 6.07 Å². The summed E-state index contributed by atoms with van der Waals surface area (Å²) in [6.45, 7) is 0. The molecule has 0 saturated heterocycles. The molecule has 0 radical (unpaired) electrons. The zero-order chi connectivity index (χ0) is 12.1. The third kappa shape index (κ3) is 3.30. The molecule has 17 heavy (non-hydrogen) atoms. The Balaban J connectivity index is 2.00. The molecule has 0 aliphatic rings. The highest BCUT2D eigenvalue weighted by atomic mass is 32.2. The lowest BCUT2D eigenvalue weighted by atomic mass is 10.2. The van der Waals surface area contributed by atoms with Crippen LogP contribution >= 0.6 is 11.8 Å². The minimum atomic E-state index is -0.221. The molecular weight excluding hydrogens is 235 g/mol. The van der Waals surface area contributed by atoms with Gasteiger partial charge in [0.15, 0.2) is 0 Å². The number of hydrogen-bond acceptors (Lipinski definition) is 3. The Morgan fingerprint density at radius 2 is 2.18 bits per heavy atom. The molecule has 0 fully saturated rings. The Kier molecular flexibility index (Phi) is 3.73. The first-order chi connectivity index (χ1) is 8.28. The van der Waals surface area contributed by atoms with Crippen molar-refractivity contribution < 1.29 is 4.39 Å². The molecule has 1 aromatic heterocycles. The maximum absolute atomic E-state index is 12.9. The van der Waals surface area contributed by atoms with Crippen molar-refractivity contribution in [3.63, 3.8) is 0 Å². The number of thioether (sulfide) groups is 1. The van der Waals surface area contributed by atoms with Gasteiger partial charge in [-0.15, -0.1) is 11.8 Å². The van der Waals surface area contributed by atoms with Crippen LogP contribution < -0.4 is 0 Å². The standard InChI is InChI=1S/C13H9FN2S/c14-11-3-1-2-10(6-11)9-17-13-5-4-12(7-15)16-8-13/h1-6,8H,9H2. The summed E-state index contributed by atoms with van der Waals surface area (Å²) in [5.74, 6) is 0.465. The molecule has 0 spiro atoms. The van der Waals surface area contributed by atoms with E-state index >= 15 is 0 Å². The second kappa shape index (κ2) is 5.46. The zero-order valence-corrected chi connectivity index (χ0v) is 9.75. The van der Waals surface area contributed by atoms with Crippen molar-refractivity contribution in [2.45, 2.75) is 10.6 Å². The Hall–Kier alpha value is -1.86. The van der Waals surface area contributed by atoms with Crippen LogP contribution in [0.15, 0.2) is 47.5 Å². The summed E-state index contributed by atoms with van der Waals surface area (Å²) in [5.41, 5.74) is 1.33. The van der Waals surface area contributed by atoms with Crippen molar-refractivity contribution in [2.24, 2.45) is 0 Å². The van der Waals surface area contributed by atoms with E-state index in [1.807, 2.05) is 18.2 Å². The molecule has 0 aliphatic carbocycles. The van der Waals surface area contributed by atoms with Gasteiger partial charge >= 0.3 is 0 Å². The van der Waals surface area contributed by atoms with E-state index < -0.39 is 0 Å². The largest absolute Gasteiger partial charge is 0.244 e. The van der Waals surface area contributed by atoms with E-state index in [-0.39, 0.29) is 5.82 Å². The molecule has 0 atom stereocenters. The summed E-state index contributed by atoms with van der Waals surface area (Å²) >= 11 is 1.56. The maximum atomic E-state index is 12.9. The number of aromatic nitrogens is 1. The Labute approximate surface area is 103 Å². The molecule has 0 bridgehead atoms. The summed E-state index contributed by atoms with van der Waals surface area (Å²) < 4.78 is 12.9. The van der Waals surface area contributed by atoms with Crippen LogP contribution in [0.4, 0.5) is 4.39 Å². The fourth-order valence-electron chi connectivity index (χ4n) is 1.33. The Morgan fingerprint density at radius 1 is 1.29 bits per heavy atom. The third-order valence-corrected chi connectivity index (χ3v) is 3.20. The van der Waals surface area contributed by atoms with E-state index in [2.05, 4.69) is 4.98 Å². The first-order valence-corrected chi connectivity index (χ1v) is 6.00. The average Bonchev–Trinajstić information content (AvgIpc) is 2.37. The molecule has 2 aromatic rings. The first kappa shape index (κ1) is 11.6. The number of pyridine rings is 1. The topological polar surface area (TPSA) is 36.7 Å². The van der Waals surface area contributed by atoms with Crippen molar-refractivity contribution >= 4 is 11.8 Å². The van der Waals surface area contributed by atoms with Crippen molar-refractivity contribution in [3.05, 3.63) is 59.7 Å². The van der Waals surface area contributed by atoms with Gasteiger partial charge in [-0.1, -0.05) is 12.1 Å². The quantitative estimate of drug-likeness (QED) is 0.776. The fourth-order valence-corrected chi connectivity index (χ4v) is 2.13. The van der Waals surface area contributed by atoms with Crippen LogP contribution in [0.2, 0.25) is 0 Å². The molecule has 1 heterocycles. The molecule has 0 saturated carbocycles. The second-order valence-electron chi connectivity index (χ2n) is 3.41. The van der Waals surface area contributed by atoms with Crippen LogP contribution in [0.5, 0.6) is 0 Å². The molecule has 1 aromatic carbocycles. The Morgan fingerprint density at radius 3 is 2.82 bits per heavy atom. The molecule has 0 N–H and O–H groups in total. The van der Waals surface area contributed by atoms with Gasteiger partial charge in [0.05, 0.1) is 0 Å². The fraction of sp³-hybridized carbons (Fsp3) is 0.0769. The number of nitriles is 1. The van der Waals surface area contributed by atoms with Crippen LogP contribution in [-0.2, 0) is 5.75 Å². The molecule has 84 valence electrons. The number of benzene rings is 1. The molecular formula is C13H9FN2S. The maximum Gasteiger partial charge on any atom is 0.140 e. The number of nitrogens with zero attached hydrogens (tertiary/aromatic N) is 2. The lowest BCUT2D eigenvalue weighted by molar-refractivity contribution is 0.626. The van der Waals surface area contributed by atoms with Gasteiger partial charge in [0.2, 0.25) is 0 Å². The number of rotatable bonds is 3. The van der Waals surface area contributed by atoms with Crippen LogP contribution in [-0.4, -0.2) is 4.98 Å². The molecule has 0 unspecified atom stereocenters. The van der Waals surface area contributed by atoms with Crippen LogP contribution in [0.25, 0.3) is 0 Å². The molecule has 2 nitrogen and oxygen atoms in total. The van der Waals surface area contributed by atoms with Gasteiger partial charge in [-0.05, 0) is 29.8 Å². The summed E-state index contributed by atoms with van der Waals surface area (Å²) in [6, 6.07) is 12.0. The summed E-state index contributed by atoms with van der Waals surface area (Å²) in [4.78, 5) is 4.94. The van der Waals surface area contributed by atoms with Crippen molar-refractivity contribution in [2.75, 3.05) is 0 Å². The van der Waals surface area contributed by atoms with E-state index in [0.717, 1.165) is 10.5 Å². The minimum Gasteiger partial charge on any atom is -0.244 e. The number of halogens is 1. The zero-order valence-electron chi connectivity index (χ0n) is 8.93. The lowest BCUT2D eigenvalue weighted by Crippen LogP contribution is -1.84. The van der Waals surface area contributed by atoms with Gasteiger partial charge in [-0.3, -0.25) is 0 Å². The van der Waals surface area contributed by atoms with Crippen LogP contribution in [0.3, 0.4) is 0 Å². The summed E-state index contributed by atoms with van der Waals surface area (Å²) in [6.07, 6.45) is 1.66.